The van der Waals surface area contributed by atoms with Crippen LogP contribution in [0.15, 0.2) is 0 Å². The van der Waals surface area contributed by atoms with Crippen molar-refractivity contribution in [2.45, 2.75) is 40.5 Å². The maximum Gasteiger partial charge on any atom is 0.0487 e. The molecule has 0 fully saturated rings. The Morgan fingerprint density at radius 1 is 1.18 bits per heavy atom. The highest BCUT2D eigenvalue weighted by Gasteiger charge is 2.27. The number of hydrogen-bond donors (Lipinski definition) is 1. The Morgan fingerprint density at radius 3 is 2.41 bits per heavy atom. The lowest BCUT2D eigenvalue weighted by Gasteiger charge is -2.34. The number of hydrogen-bond acceptors (Lipinski definition) is 3. The molecule has 0 aliphatic carbocycles. The summed E-state index contributed by atoms with van der Waals surface area (Å²) in [5.74, 6) is 0.670. The molecule has 17 heavy (non-hydrogen) atoms. The third-order valence-corrected chi connectivity index (χ3v) is 3.63. The molecule has 0 aliphatic heterocycles. The summed E-state index contributed by atoms with van der Waals surface area (Å²) in [6.45, 7) is 13.6. The molecular formula is C14H31NO2. The van der Waals surface area contributed by atoms with Gasteiger partial charge in [-0.3, -0.25) is 0 Å². The summed E-state index contributed by atoms with van der Waals surface area (Å²) in [7, 11) is 1.73. The van der Waals surface area contributed by atoms with Crippen LogP contribution in [0, 0.1) is 11.3 Å². The second-order valence-electron chi connectivity index (χ2n) is 5.30. The first-order chi connectivity index (χ1) is 8.06. The molecule has 1 N–H and O–H groups in total. The topological polar surface area (TPSA) is 30.5 Å². The lowest BCUT2D eigenvalue weighted by Crippen LogP contribution is -2.37. The van der Waals surface area contributed by atoms with Crippen LogP contribution in [-0.4, -0.2) is 40.0 Å². The minimum Gasteiger partial charge on any atom is -0.385 e. The average Bonchev–Trinajstić information content (AvgIpc) is 2.31. The molecule has 0 saturated heterocycles. The molecule has 0 heterocycles. The van der Waals surface area contributed by atoms with E-state index in [-0.39, 0.29) is 0 Å². The molecule has 3 heteroatoms. The summed E-state index contributed by atoms with van der Waals surface area (Å²) >= 11 is 0. The van der Waals surface area contributed by atoms with E-state index >= 15 is 0 Å². The summed E-state index contributed by atoms with van der Waals surface area (Å²) in [6.07, 6.45) is 2.10. The van der Waals surface area contributed by atoms with E-state index in [4.69, 9.17) is 9.47 Å². The molecule has 0 rings (SSSR count). The second-order valence-corrected chi connectivity index (χ2v) is 5.30. The zero-order chi connectivity index (χ0) is 13.1. The fourth-order valence-electron chi connectivity index (χ4n) is 1.70. The summed E-state index contributed by atoms with van der Waals surface area (Å²) < 4.78 is 10.6. The van der Waals surface area contributed by atoms with Gasteiger partial charge in [0, 0.05) is 33.5 Å². The first-order valence-corrected chi connectivity index (χ1v) is 6.84. The van der Waals surface area contributed by atoms with Crippen molar-refractivity contribution in [3.63, 3.8) is 0 Å². The highest BCUT2D eigenvalue weighted by molar-refractivity contribution is 4.79. The van der Waals surface area contributed by atoms with E-state index in [1.807, 2.05) is 0 Å². The molecule has 0 aromatic heterocycles. The standard InChI is InChI=1S/C14H31NO2/c1-6-15-12-14(4,13(2)3)8-11-17-10-7-9-16-5/h13,15H,6-12H2,1-5H3. The Morgan fingerprint density at radius 2 is 1.88 bits per heavy atom. The van der Waals surface area contributed by atoms with Crippen LogP contribution in [-0.2, 0) is 9.47 Å². The molecule has 3 nitrogen and oxygen atoms in total. The van der Waals surface area contributed by atoms with Crippen molar-refractivity contribution in [2.75, 3.05) is 40.0 Å². The van der Waals surface area contributed by atoms with Gasteiger partial charge in [0.1, 0.15) is 0 Å². The van der Waals surface area contributed by atoms with Gasteiger partial charge in [-0.15, -0.1) is 0 Å². The van der Waals surface area contributed by atoms with Gasteiger partial charge in [-0.25, -0.2) is 0 Å². The van der Waals surface area contributed by atoms with Gasteiger partial charge < -0.3 is 14.8 Å². The van der Waals surface area contributed by atoms with Crippen molar-refractivity contribution in [2.24, 2.45) is 11.3 Å². The zero-order valence-corrected chi connectivity index (χ0v) is 12.3. The van der Waals surface area contributed by atoms with Gasteiger partial charge in [-0.1, -0.05) is 27.7 Å². The Hall–Kier alpha value is -0.120. The van der Waals surface area contributed by atoms with E-state index in [2.05, 4.69) is 33.0 Å². The largest absolute Gasteiger partial charge is 0.385 e. The molecule has 0 aliphatic rings. The summed E-state index contributed by atoms with van der Waals surface area (Å²) in [5, 5.41) is 3.46. The summed E-state index contributed by atoms with van der Waals surface area (Å²) in [4.78, 5) is 0. The van der Waals surface area contributed by atoms with E-state index in [1.165, 1.54) is 0 Å². The van der Waals surface area contributed by atoms with Crippen molar-refractivity contribution < 1.29 is 9.47 Å². The first kappa shape index (κ1) is 16.9. The fraction of sp³-hybridized carbons (Fsp3) is 1.00. The molecule has 104 valence electrons. The van der Waals surface area contributed by atoms with E-state index in [1.54, 1.807) is 7.11 Å². The highest BCUT2D eigenvalue weighted by atomic mass is 16.5. The molecule has 0 aromatic rings. The Kier molecular flexibility index (Phi) is 9.79. The van der Waals surface area contributed by atoms with Crippen molar-refractivity contribution in [3.8, 4) is 0 Å². The quantitative estimate of drug-likeness (QED) is 0.568. The van der Waals surface area contributed by atoms with Crippen molar-refractivity contribution in [1.82, 2.24) is 5.32 Å². The molecule has 0 amide bonds. The van der Waals surface area contributed by atoms with E-state index < -0.39 is 0 Å². The summed E-state index contributed by atoms with van der Waals surface area (Å²) in [6, 6.07) is 0. The molecule has 0 radical (unpaired) electrons. The number of rotatable bonds is 11. The minimum absolute atomic E-state index is 0.331. The third-order valence-electron chi connectivity index (χ3n) is 3.63. The minimum atomic E-state index is 0.331. The Bertz CT molecular complexity index is 174. The number of ether oxygens (including phenoxy) is 2. The van der Waals surface area contributed by atoms with Crippen molar-refractivity contribution in [3.05, 3.63) is 0 Å². The van der Waals surface area contributed by atoms with Gasteiger partial charge in [0.15, 0.2) is 0 Å². The summed E-state index contributed by atoms with van der Waals surface area (Å²) in [5.41, 5.74) is 0.331. The van der Waals surface area contributed by atoms with Gasteiger partial charge in [0.05, 0.1) is 0 Å². The molecule has 0 aromatic carbocycles. The Balaban J connectivity index is 3.76. The maximum absolute atomic E-state index is 5.65. The van der Waals surface area contributed by atoms with Crippen LogP contribution in [0.25, 0.3) is 0 Å². The Labute approximate surface area is 107 Å². The molecule has 1 atom stereocenters. The highest BCUT2D eigenvalue weighted by Crippen LogP contribution is 2.30. The SMILES string of the molecule is CCNCC(C)(CCOCCCOC)C(C)C. The monoisotopic (exact) mass is 245 g/mol. The van der Waals surface area contributed by atoms with Gasteiger partial charge in [-0.2, -0.15) is 0 Å². The van der Waals surface area contributed by atoms with E-state index in [0.717, 1.165) is 45.8 Å². The van der Waals surface area contributed by atoms with Crippen LogP contribution in [0.5, 0.6) is 0 Å². The number of methoxy groups -OCH3 is 1. The van der Waals surface area contributed by atoms with Crippen LogP contribution in [0.3, 0.4) is 0 Å². The van der Waals surface area contributed by atoms with Gasteiger partial charge in [0.25, 0.3) is 0 Å². The molecule has 0 spiro atoms. The van der Waals surface area contributed by atoms with Gasteiger partial charge >= 0.3 is 0 Å². The third kappa shape index (κ3) is 7.74. The lowest BCUT2D eigenvalue weighted by molar-refractivity contribution is 0.0660. The van der Waals surface area contributed by atoms with E-state index in [0.29, 0.717) is 11.3 Å². The lowest BCUT2D eigenvalue weighted by atomic mass is 9.76. The zero-order valence-electron chi connectivity index (χ0n) is 12.3. The second kappa shape index (κ2) is 9.86. The molecule has 0 saturated carbocycles. The normalized spacial score (nSPS) is 15.2. The fourth-order valence-corrected chi connectivity index (χ4v) is 1.70. The van der Waals surface area contributed by atoms with Crippen molar-refractivity contribution in [1.29, 1.82) is 0 Å². The van der Waals surface area contributed by atoms with Gasteiger partial charge in [-0.05, 0) is 30.7 Å². The van der Waals surface area contributed by atoms with Crippen molar-refractivity contribution >= 4 is 0 Å². The van der Waals surface area contributed by atoms with Crippen LogP contribution in [0.1, 0.15) is 40.5 Å². The molecular weight excluding hydrogens is 214 g/mol. The van der Waals surface area contributed by atoms with Crippen LogP contribution < -0.4 is 5.32 Å². The molecule has 1 unspecified atom stereocenters. The first-order valence-electron chi connectivity index (χ1n) is 6.84. The number of nitrogens with one attached hydrogen (secondary N) is 1. The smallest absolute Gasteiger partial charge is 0.0487 e. The van der Waals surface area contributed by atoms with Crippen LogP contribution >= 0.6 is 0 Å². The molecule has 0 bridgehead atoms. The predicted molar refractivity (Wildman–Crippen MR) is 73.4 cm³/mol. The average molecular weight is 245 g/mol. The van der Waals surface area contributed by atoms with E-state index in [9.17, 15) is 0 Å². The van der Waals surface area contributed by atoms with Gasteiger partial charge in [0.2, 0.25) is 0 Å². The maximum atomic E-state index is 5.65. The van der Waals surface area contributed by atoms with Crippen LogP contribution in [0.2, 0.25) is 0 Å². The van der Waals surface area contributed by atoms with Crippen LogP contribution in [0.4, 0.5) is 0 Å². The predicted octanol–water partition coefficient (Wildman–Crippen LogP) is 2.70.